The Morgan fingerprint density at radius 3 is 1.62 bits per heavy atom. The molecule has 1 heterocycles. The van der Waals surface area contributed by atoms with Crippen molar-refractivity contribution in [3.63, 3.8) is 0 Å². The lowest BCUT2D eigenvalue weighted by molar-refractivity contribution is 0.0621. The molecule has 0 unspecified atom stereocenters. The molecule has 1 aliphatic rings. The lowest BCUT2D eigenvalue weighted by Crippen LogP contribution is -2.35. The number of piperidine rings is 1. The van der Waals surface area contributed by atoms with Crippen LogP contribution in [0.5, 0.6) is 0 Å². The summed E-state index contributed by atoms with van der Waals surface area (Å²) < 4.78 is 5.78. The number of terminal acetylenes is 1. The molecule has 1 fully saturated rings. The van der Waals surface area contributed by atoms with E-state index < -0.39 is 0 Å². The van der Waals surface area contributed by atoms with Crippen LogP contribution in [0.3, 0.4) is 0 Å². The van der Waals surface area contributed by atoms with Crippen LogP contribution in [0.25, 0.3) is 0 Å². The Morgan fingerprint density at radius 1 is 0.811 bits per heavy atom. The number of rotatable bonds is 9. The molecule has 37 heavy (non-hydrogen) atoms. The van der Waals surface area contributed by atoms with E-state index >= 15 is 0 Å². The van der Waals surface area contributed by atoms with Gasteiger partial charge >= 0.3 is 0 Å². The third kappa shape index (κ3) is 19.7. The first-order chi connectivity index (χ1) is 17.6. The second-order valence-electron chi connectivity index (χ2n) is 7.93. The van der Waals surface area contributed by atoms with Crippen molar-refractivity contribution in [3.8, 4) is 12.8 Å². The molecule has 0 atom stereocenters. The Bertz CT molecular complexity index is 815. The first kappa shape index (κ1) is 41.0. The van der Waals surface area contributed by atoms with Crippen molar-refractivity contribution >= 4 is 0 Å². The smallest absolute Gasteiger partial charge is 0.102 e. The molecule has 0 N–H and O–H groups in total. The van der Waals surface area contributed by atoms with Crippen LogP contribution in [0.4, 0.5) is 0 Å². The van der Waals surface area contributed by atoms with Gasteiger partial charge in [0, 0.05) is 31.6 Å². The summed E-state index contributed by atoms with van der Waals surface area (Å²) in [6.07, 6.45) is 22.4. The van der Waals surface area contributed by atoms with Gasteiger partial charge in [-0.1, -0.05) is 96.0 Å². The highest BCUT2D eigenvalue weighted by molar-refractivity contribution is 5.57. The lowest BCUT2D eigenvalue weighted by Gasteiger charge is -2.34. The molecule has 1 rings (SSSR count). The molecule has 208 valence electrons. The van der Waals surface area contributed by atoms with E-state index in [1.807, 2.05) is 79.7 Å². The maximum Gasteiger partial charge on any atom is 0.102 e. The minimum atomic E-state index is 0.370. The van der Waals surface area contributed by atoms with Crippen molar-refractivity contribution < 1.29 is 4.74 Å². The van der Waals surface area contributed by atoms with Crippen LogP contribution in [0, 0.1) is 12.8 Å². The standard InChI is InChI=1S/C16H22.C13H21NO.2C2H6.C2H2/c1-8-15(11-10-12(3)4)16(9-2)14(7)13(5)6;1-5-11(3)14-9-7-13(8-10-14)15-12(4)6-2;3*1-2/h8-11H,1,5,7H2,2-4,6H3;5-6,13H,1,3,7-10H2,2,4H3;2*1-2H3;1-2H/b15-11+,16-9+;12-6+;;;. The molecule has 0 saturated carbocycles. The normalized spacial score (nSPS) is 13.2. The number of hydrogen-bond donors (Lipinski definition) is 0. The number of nitrogens with zero attached hydrogens (tertiary/aromatic N) is 1. The summed E-state index contributed by atoms with van der Waals surface area (Å²) in [5, 5.41) is 0. The van der Waals surface area contributed by atoms with Gasteiger partial charge in [-0.25, -0.2) is 0 Å². The predicted octanol–water partition coefficient (Wildman–Crippen LogP) is 10.5. The van der Waals surface area contributed by atoms with E-state index in [4.69, 9.17) is 4.74 Å². The summed E-state index contributed by atoms with van der Waals surface area (Å²) >= 11 is 0. The van der Waals surface area contributed by atoms with E-state index in [2.05, 4.69) is 76.6 Å². The highest BCUT2D eigenvalue weighted by atomic mass is 16.5. The summed E-state index contributed by atoms with van der Waals surface area (Å²) in [5.74, 6) is 1.02. The third-order valence-electron chi connectivity index (χ3n) is 5.10. The molecule has 0 amide bonds. The van der Waals surface area contributed by atoms with Gasteiger partial charge in [-0.3, -0.25) is 0 Å². The monoisotopic (exact) mass is 507 g/mol. The van der Waals surface area contributed by atoms with E-state index in [9.17, 15) is 0 Å². The van der Waals surface area contributed by atoms with Gasteiger partial charge in [0.25, 0.3) is 0 Å². The largest absolute Gasteiger partial charge is 0.495 e. The summed E-state index contributed by atoms with van der Waals surface area (Å²) in [4.78, 5) is 2.26. The first-order valence-electron chi connectivity index (χ1n) is 13.3. The molecule has 0 bridgehead atoms. The molecule has 1 saturated heterocycles. The van der Waals surface area contributed by atoms with E-state index in [1.165, 1.54) is 5.57 Å². The number of ether oxygens (including phenoxy) is 1. The zero-order valence-corrected chi connectivity index (χ0v) is 25.9. The van der Waals surface area contributed by atoms with Crippen LogP contribution >= 0.6 is 0 Å². The minimum Gasteiger partial charge on any atom is -0.495 e. The molecule has 2 nitrogen and oxygen atoms in total. The van der Waals surface area contributed by atoms with Gasteiger partial charge in [0.05, 0.1) is 5.76 Å². The zero-order valence-electron chi connectivity index (χ0n) is 25.9. The van der Waals surface area contributed by atoms with Gasteiger partial charge in [0.15, 0.2) is 0 Å². The van der Waals surface area contributed by atoms with Crippen molar-refractivity contribution in [1.82, 2.24) is 4.90 Å². The Labute approximate surface area is 232 Å². The van der Waals surface area contributed by atoms with Gasteiger partial charge in [-0.05, 0) is 70.4 Å². The maximum absolute atomic E-state index is 5.78. The van der Waals surface area contributed by atoms with E-state index in [0.29, 0.717) is 6.10 Å². The number of likely N-dealkylation sites (tertiary alicyclic amines) is 1. The average Bonchev–Trinajstić information content (AvgIpc) is 2.94. The fourth-order valence-corrected chi connectivity index (χ4v) is 2.99. The molecule has 1 aliphatic heterocycles. The molecule has 0 aliphatic carbocycles. The molecule has 2 heteroatoms. The fraction of sp³-hybridized carbons (Fsp3) is 0.429. The SMILES string of the molecule is C#C.C=CC(=C)N1CCC(O/C(C)=C/C)CC1.C=CC(=C\C=C(C)C)/C(=C/C)C(=C)C(=C)C.CC.CC. The summed E-state index contributed by atoms with van der Waals surface area (Å²) in [6.45, 7) is 41.7. The average molecular weight is 508 g/mol. The van der Waals surface area contributed by atoms with Gasteiger partial charge < -0.3 is 9.64 Å². The van der Waals surface area contributed by atoms with Crippen LogP contribution in [0.15, 0.2) is 109 Å². The number of allylic oxidation sites excluding steroid dienone is 12. The van der Waals surface area contributed by atoms with Crippen molar-refractivity contribution in [2.45, 2.75) is 88.2 Å². The Morgan fingerprint density at radius 2 is 1.30 bits per heavy atom. The van der Waals surface area contributed by atoms with Crippen molar-refractivity contribution in [3.05, 3.63) is 109 Å². The van der Waals surface area contributed by atoms with Crippen molar-refractivity contribution in [2.24, 2.45) is 0 Å². The Balaban J connectivity index is -0.000000244. The van der Waals surface area contributed by atoms with Gasteiger partial charge in [-0.15, -0.1) is 12.8 Å². The molecule has 0 radical (unpaired) electrons. The molecular weight excluding hydrogens is 450 g/mol. The Kier molecular flexibility index (Phi) is 30.3. The number of hydrogen-bond acceptors (Lipinski definition) is 2. The molecule has 0 aromatic rings. The molecular formula is C35H57NO. The van der Waals surface area contributed by atoms with Crippen LogP contribution in [-0.4, -0.2) is 24.1 Å². The quantitative estimate of drug-likeness (QED) is 0.175. The highest BCUT2D eigenvalue weighted by Crippen LogP contribution is 2.24. The van der Waals surface area contributed by atoms with Gasteiger partial charge in [-0.2, -0.15) is 0 Å². The van der Waals surface area contributed by atoms with E-state index in [-0.39, 0.29) is 0 Å². The van der Waals surface area contributed by atoms with E-state index in [0.717, 1.165) is 59.7 Å². The molecule has 0 aromatic heterocycles. The van der Waals surface area contributed by atoms with Crippen LogP contribution in [0.2, 0.25) is 0 Å². The molecule has 0 spiro atoms. The topological polar surface area (TPSA) is 12.5 Å². The van der Waals surface area contributed by atoms with Crippen molar-refractivity contribution in [2.75, 3.05) is 13.1 Å². The molecule has 0 aromatic carbocycles. The summed E-state index contributed by atoms with van der Waals surface area (Å²) in [7, 11) is 0. The van der Waals surface area contributed by atoms with Crippen LogP contribution < -0.4 is 0 Å². The highest BCUT2D eigenvalue weighted by Gasteiger charge is 2.20. The Hall–Kier alpha value is -3.18. The maximum atomic E-state index is 5.78. The first-order valence-corrected chi connectivity index (χ1v) is 13.3. The van der Waals surface area contributed by atoms with Gasteiger partial charge in [0.2, 0.25) is 0 Å². The van der Waals surface area contributed by atoms with Crippen molar-refractivity contribution in [1.29, 1.82) is 0 Å². The van der Waals surface area contributed by atoms with Crippen LogP contribution in [-0.2, 0) is 4.74 Å². The lowest BCUT2D eigenvalue weighted by atomic mass is 9.94. The second kappa shape index (κ2) is 27.4. The summed E-state index contributed by atoms with van der Waals surface area (Å²) in [5.41, 5.74) is 6.41. The fourth-order valence-electron chi connectivity index (χ4n) is 2.99. The summed E-state index contributed by atoms with van der Waals surface area (Å²) in [6, 6.07) is 0. The van der Waals surface area contributed by atoms with Gasteiger partial charge in [0.1, 0.15) is 6.10 Å². The predicted molar refractivity (Wildman–Crippen MR) is 172 cm³/mol. The second-order valence-corrected chi connectivity index (χ2v) is 7.93. The zero-order chi connectivity index (χ0) is 30.0. The third-order valence-corrected chi connectivity index (χ3v) is 5.10. The van der Waals surface area contributed by atoms with E-state index in [1.54, 1.807) is 0 Å². The van der Waals surface area contributed by atoms with Crippen LogP contribution in [0.1, 0.15) is 82.1 Å². The minimum absolute atomic E-state index is 0.370.